The molecule has 3 N–H and O–H groups in total. The molecule has 0 radical (unpaired) electrons. The lowest BCUT2D eigenvalue weighted by Gasteiger charge is -2.16. The minimum atomic E-state index is -3.85. The van der Waals surface area contributed by atoms with Gasteiger partial charge in [-0.1, -0.05) is 25.1 Å². The van der Waals surface area contributed by atoms with Crippen LogP contribution < -0.4 is 20.5 Å². The quantitative estimate of drug-likeness (QED) is 0.451. The van der Waals surface area contributed by atoms with E-state index in [0.717, 1.165) is 22.6 Å². The van der Waals surface area contributed by atoms with Crippen LogP contribution >= 0.6 is 11.3 Å². The third kappa shape index (κ3) is 4.80. The molecule has 1 aromatic heterocycles. The van der Waals surface area contributed by atoms with Crippen molar-refractivity contribution < 1.29 is 22.8 Å². The Balaban J connectivity index is 1.44. The van der Waals surface area contributed by atoms with E-state index in [1.165, 1.54) is 18.2 Å². The molecule has 0 aliphatic carbocycles. The van der Waals surface area contributed by atoms with Crippen molar-refractivity contribution in [1.29, 1.82) is 0 Å². The van der Waals surface area contributed by atoms with Gasteiger partial charge >= 0.3 is 0 Å². The number of nitrogens with zero attached hydrogens (tertiary/aromatic N) is 1. The van der Waals surface area contributed by atoms with E-state index >= 15 is 0 Å². The summed E-state index contributed by atoms with van der Waals surface area (Å²) in [5, 5.41) is 1.64. The maximum Gasteiger partial charge on any atom is 0.271 e. The fourth-order valence-corrected chi connectivity index (χ4v) is 5.70. The number of carbonyl (C=O) groups is 3. The summed E-state index contributed by atoms with van der Waals surface area (Å²) in [6.07, 6.45) is 1.05. The van der Waals surface area contributed by atoms with Gasteiger partial charge < -0.3 is 4.90 Å². The number of hydrogen-bond donors (Lipinski definition) is 3. The van der Waals surface area contributed by atoms with Crippen LogP contribution in [-0.2, 0) is 21.2 Å². The van der Waals surface area contributed by atoms with Gasteiger partial charge in [0.2, 0.25) is 5.91 Å². The predicted octanol–water partition coefficient (Wildman–Crippen LogP) is 2.92. The molecular formula is C23H22N4O5S2. The highest BCUT2D eigenvalue weighted by Crippen LogP contribution is 2.29. The summed E-state index contributed by atoms with van der Waals surface area (Å²) in [4.78, 5) is 39.1. The van der Waals surface area contributed by atoms with Crippen LogP contribution in [0.1, 0.15) is 39.6 Å². The first-order chi connectivity index (χ1) is 16.3. The SMILES string of the molecule is CCC(=O)N1CCc2cc(C(=O)NNC(=O)c3ccccc3NS(=O)(=O)c3cccs3)ccc21. The zero-order valence-electron chi connectivity index (χ0n) is 18.2. The summed E-state index contributed by atoms with van der Waals surface area (Å²) in [5.41, 5.74) is 6.82. The lowest BCUT2D eigenvalue weighted by atomic mass is 10.1. The number of hydrogen-bond acceptors (Lipinski definition) is 6. The third-order valence-electron chi connectivity index (χ3n) is 5.31. The first-order valence-corrected chi connectivity index (χ1v) is 12.9. The number of fused-ring (bicyclic) bond motifs is 1. The minimum absolute atomic E-state index is 0.0246. The second-order valence-corrected chi connectivity index (χ2v) is 10.3. The van der Waals surface area contributed by atoms with Crippen molar-refractivity contribution in [2.45, 2.75) is 24.0 Å². The second-order valence-electron chi connectivity index (χ2n) is 7.48. The highest BCUT2D eigenvalue weighted by Gasteiger charge is 2.25. The molecule has 1 aliphatic rings. The molecule has 9 nitrogen and oxygen atoms in total. The summed E-state index contributed by atoms with van der Waals surface area (Å²) in [7, 11) is -3.85. The highest BCUT2D eigenvalue weighted by molar-refractivity contribution is 7.94. The number of carbonyl (C=O) groups excluding carboxylic acids is 3. The molecule has 3 aromatic rings. The monoisotopic (exact) mass is 498 g/mol. The number of anilines is 2. The molecule has 0 saturated heterocycles. The Hall–Kier alpha value is -3.70. The number of sulfonamides is 1. The van der Waals surface area contributed by atoms with Gasteiger partial charge in [-0.3, -0.25) is 30.0 Å². The number of para-hydroxylation sites is 1. The van der Waals surface area contributed by atoms with E-state index in [2.05, 4.69) is 15.6 Å². The average Bonchev–Trinajstić information content (AvgIpc) is 3.52. The highest BCUT2D eigenvalue weighted by atomic mass is 32.2. The van der Waals surface area contributed by atoms with Gasteiger partial charge in [-0.05, 0) is 53.8 Å². The summed E-state index contributed by atoms with van der Waals surface area (Å²) < 4.78 is 27.6. The smallest absolute Gasteiger partial charge is 0.271 e. The zero-order valence-corrected chi connectivity index (χ0v) is 19.8. The van der Waals surface area contributed by atoms with Crippen molar-refractivity contribution in [3.63, 3.8) is 0 Å². The molecule has 1 aliphatic heterocycles. The minimum Gasteiger partial charge on any atom is -0.312 e. The topological polar surface area (TPSA) is 125 Å². The van der Waals surface area contributed by atoms with Gasteiger partial charge in [0.05, 0.1) is 11.3 Å². The van der Waals surface area contributed by atoms with Crippen LogP contribution in [0.25, 0.3) is 0 Å². The average molecular weight is 499 g/mol. The maximum absolute atomic E-state index is 12.7. The standard InChI is InChI=1S/C23H22N4O5S2/c1-2-20(28)27-12-11-15-14-16(9-10-19(15)27)22(29)24-25-23(30)17-6-3-4-7-18(17)26-34(31,32)21-8-5-13-33-21/h3-10,13-14,26H,2,11-12H2,1H3,(H,24,29)(H,25,30). The largest absolute Gasteiger partial charge is 0.312 e. The van der Waals surface area contributed by atoms with Crippen LogP contribution in [0.15, 0.2) is 64.2 Å². The van der Waals surface area contributed by atoms with Crippen LogP contribution in [0, 0.1) is 0 Å². The normalized spacial score (nSPS) is 12.7. The van der Waals surface area contributed by atoms with Crippen molar-refractivity contribution in [2.75, 3.05) is 16.2 Å². The zero-order chi connectivity index (χ0) is 24.3. The maximum atomic E-state index is 12.7. The third-order valence-corrected chi connectivity index (χ3v) is 8.07. The van der Waals surface area contributed by atoms with Gasteiger partial charge in [0.1, 0.15) is 4.21 Å². The van der Waals surface area contributed by atoms with E-state index in [-0.39, 0.29) is 21.4 Å². The Morgan fingerprint density at radius 1 is 1.00 bits per heavy atom. The van der Waals surface area contributed by atoms with Crippen molar-refractivity contribution in [3.05, 3.63) is 76.7 Å². The Kier molecular flexibility index (Phi) is 6.66. The molecule has 34 heavy (non-hydrogen) atoms. The number of thiophene rings is 1. The summed E-state index contributed by atoms with van der Waals surface area (Å²) in [6.45, 7) is 2.37. The fourth-order valence-electron chi connectivity index (χ4n) is 3.63. The Morgan fingerprint density at radius 3 is 2.50 bits per heavy atom. The Morgan fingerprint density at radius 2 is 1.76 bits per heavy atom. The lowest BCUT2D eigenvalue weighted by Crippen LogP contribution is -2.42. The number of rotatable bonds is 6. The van der Waals surface area contributed by atoms with Crippen LogP contribution in [-0.4, -0.2) is 32.7 Å². The number of amides is 3. The second kappa shape index (κ2) is 9.65. The molecule has 2 heterocycles. The molecule has 0 unspecified atom stereocenters. The van der Waals surface area contributed by atoms with Gasteiger partial charge in [0.25, 0.3) is 21.8 Å². The summed E-state index contributed by atoms with van der Waals surface area (Å²) in [5.74, 6) is -1.19. The van der Waals surface area contributed by atoms with Crippen molar-refractivity contribution >= 4 is 50.5 Å². The van der Waals surface area contributed by atoms with Gasteiger partial charge in [0, 0.05) is 24.2 Å². The van der Waals surface area contributed by atoms with E-state index in [4.69, 9.17) is 0 Å². The lowest BCUT2D eigenvalue weighted by molar-refractivity contribution is -0.118. The molecule has 0 fully saturated rings. The predicted molar refractivity (Wildman–Crippen MR) is 129 cm³/mol. The first kappa shape index (κ1) is 23.5. The molecule has 176 valence electrons. The molecule has 0 atom stereocenters. The van der Waals surface area contributed by atoms with E-state index in [1.54, 1.807) is 53.6 Å². The van der Waals surface area contributed by atoms with E-state index in [0.29, 0.717) is 24.9 Å². The molecule has 4 rings (SSSR count). The van der Waals surface area contributed by atoms with Gasteiger partial charge in [-0.15, -0.1) is 11.3 Å². The van der Waals surface area contributed by atoms with Gasteiger partial charge in [-0.25, -0.2) is 8.42 Å². The van der Waals surface area contributed by atoms with E-state index in [9.17, 15) is 22.8 Å². The Labute approximate surface area is 200 Å². The molecule has 2 aromatic carbocycles. The van der Waals surface area contributed by atoms with Gasteiger partial charge in [-0.2, -0.15) is 0 Å². The van der Waals surface area contributed by atoms with Crippen LogP contribution in [0.3, 0.4) is 0 Å². The van der Waals surface area contributed by atoms with Gasteiger partial charge in [0.15, 0.2) is 0 Å². The summed E-state index contributed by atoms with van der Waals surface area (Å²) in [6, 6.07) is 14.2. The van der Waals surface area contributed by atoms with Crippen molar-refractivity contribution in [3.8, 4) is 0 Å². The van der Waals surface area contributed by atoms with Crippen LogP contribution in [0.5, 0.6) is 0 Å². The summed E-state index contributed by atoms with van der Waals surface area (Å²) >= 11 is 1.06. The molecule has 3 amide bonds. The van der Waals surface area contributed by atoms with Crippen molar-refractivity contribution in [2.24, 2.45) is 0 Å². The fraction of sp³-hybridized carbons (Fsp3) is 0.174. The number of hydrazine groups is 1. The van der Waals surface area contributed by atoms with Crippen LogP contribution in [0.2, 0.25) is 0 Å². The van der Waals surface area contributed by atoms with E-state index in [1.807, 2.05) is 0 Å². The molecule has 0 bridgehead atoms. The van der Waals surface area contributed by atoms with E-state index < -0.39 is 21.8 Å². The molecule has 11 heteroatoms. The molecule has 0 spiro atoms. The van der Waals surface area contributed by atoms with Crippen molar-refractivity contribution in [1.82, 2.24) is 10.9 Å². The number of benzene rings is 2. The van der Waals surface area contributed by atoms with Crippen LogP contribution in [0.4, 0.5) is 11.4 Å². The molecular weight excluding hydrogens is 476 g/mol. The first-order valence-electron chi connectivity index (χ1n) is 10.5. The Bertz CT molecular complexity index is 1350. The number of nitrogens with one attached hydrogen (secondary N) is 3. The molecule has 0 saturated carbocycles.